The average Bonchev–Trinajstić information content (AvgIpc) is 3.16. The summed E-state index contributed by atoms with van der Waals surface area (Å²) in [5.41, 5.74) is 2.66. The summed E-state index contributed by atoms with van der Waals surface area (Å²) < 4.78 is 10.5. The van der Waals surface area contributed by atoms with Crippen molar-refractivity contribution in [2.45, 2.75) is 19.3 Å². The van der Waals surface area contributed by atoms with Crippen molar-refractivity contribution in [2.75, 3.05) is 31.0 Å². The first-order valence-corrected chi connectivity index (χ1v) is 10.1. The van der Waals surface area contributed by atoms with E-state index < -0.39 is 0 Å². The zero-order valence-corrected chi connectivity index (χ0v) is 17.5. The molecule has 2 amide bonds. The highest BCUT2D eigenvalue weighted by molar-refractivity contribution is 6.32. The molecule has 1 fully saturated rings. The molecule has 30 heavy (non-hydrogen) atoms. The monoisotopic (exact) mass is 427 g/mol. The molecule has 2 aromatic rings. The van der Waals surface area contributed by atoms with Crippen LogP contribution >= 0.6 is 11.6 Å². The highest BCUT2D eigenvalue weighted by atomic mass is 35.5. The highest BCUT2D eigenvalue weighted by Gasteiger charge is 2.37. The Morgan fingerprint density at radius 3 is 2.77 bits per heavy atom. The summed E-state index contributed by atoms with van der Waals surface area (Å²) in [5.74, 6) is 0.128. The van der Waals surface area contributed by atoms with Crippen molar-refractivity contribution in [3.05, 3.63) is 41.4 Å². The minimum Gasteiger partial charge on any atom is -0.495 e. The van der Waals surface area contributed by atoms with Crippen LogP contribution < -0.4 is 19.7 Å². The van der Waals surface area contributed by atoms with E-state index in [1.807, 2.05) is 24.3 Å². The highest BCUT2D eigenvalue weighted by Crippen LogP contribution is 2.38. The molecule has 0 radical (unpaired) electrons. The van der Waals surface area contributed by atoms with Gasteiger partial charge in [0.2, 0.25) is 11.8 Å². The van der Waals surface area contributed by atoms with Gasteiger partial charge in [0.05, 0.1) is 42.2 Å². The fraction of sp³-hybridized carbons (Fsp3) is 0.318. The molecule has 0 saturated heterocycles. The van der Waals surface area contributed by atoms with Gasteiger partial charge in [0, 0.05) is 11.8 Å². The minimum atomic E-state index is -0.362. The Balaban J connectivity index is 1.60. The van der Waals surface area contributed by atoms with Crippen molar-refractivity contribution >= 4 is 46.2 Å². The molecule has 0 bridgehead atoms. The second kappa shape index (κ2) is 8.36. The summed E-state index contributed by atoms with van der Waals surface area (Å²) in [5, 5.41) is 3.14. The number of rotatable bonds is 5. The standard InChI is InChI=1S/C22H22ClN3O4/c1-29-19-11-20(30-2)17(10-14(19)23)25-21(27)12-26-18-9-4-3-7-16(18)24-15-8-5-6-13(15)22(26)28/h3-4,7,9-11,13H,5-6,8,12H2,1-2H3,(H,25,27)/t13-/m1/s1. The number of hydrogen-bond donors (Lipinski definition) is 1. The molecule has 0 unspecified atom stereocenters. The van der Waals surface area contributed by atoms with Gasteiger partial charge in [-0.1, -0.05) is 23.7 Å². The number of nitrogens with one attached hydrogen (secondary N) is 1. The van der Waals surface area contributed by atoms with E-state index in [1.165, 1.54) is 19.1 Å². The Hall–Kier alpha value is -3.06. The maximum atomic E-state index is 13.2. The Morgan fingerprint density at radius 1 is 1.23 bits per heavy atom. The third kappa shape index (κ3) is 3.73. The molecule has 4 rings (SSSR count). The maximum Gasteiger partial charge on any atom is 0.244 e. The number of aliphatic imine (C=N–C) groups is 1. The number of benzene rings is 2. The number of fused-ring (bicyclic) bond motifs is 2. The number of methoxy groups -OCH3 is 2. The molecule has 2 aromatic carbocycles. The van der Waals surface area contributed by atoms with Gasteiger partial charge in [-0.15, -0.1) is 0 Å². The number of anilines is 2. The molecule has 1 atom stereocenters. The summed E-state index contributed by atoms with van der Waals surface area (Å²) in [6.07, 6.45) is 2.50. The van der Waals surface area contributed by atoms with E-state index in [9.17, 15) is 9.59 Å². The molecule has 8 heteroatoms. The zero-order chi connectivity index (χ0) is 21.3. The molecule has 156 valence electrons. The molecule has 1 N–H and O–H groups in total. The second-order valence-electron chi connectivity index (χ2n) is 7.20. The largest absolute Gasteiger partial charge is 0.495 e. The molecule has 1 aliphatic heterocycles. The van der Waals surface area contributed by atoms with Crippen LogP contribution in [0.4, 0.5) is 17.1 Å². The molecular formula is C22H22ClN3O4. The van der Waals surface area contributed by atoms with Gasteiger partial charge in [-0.25, -0.2) is 0 Å². The van der Waals surface area contributed by atoms with Gasteiger partial charge >= 0.3 is 0 Å². The molecular weight excluding hydrogens is 406 g/mol. The molecule has 1 aliphatic carbocycles. The SMILES string of the molecule is COc1cc(OC)c(NC(=O)CN2C(=O)[C@@H]3CCCC3=Nc3ccccc32)cc1Cl. The van der Waals surface area contributed by atoms with Gasteiger partial charge in [0.1, 0.15) is 18.0 Å². The first-order chi connectivity index (χ1) is 14.5. The summed E-state index contributed by atoms with van der Waals surface area (Å²) in [7, 11) is 2.99. The fourth-order valence-electron chi connectivity index (χ4n) is 3.93. The summed E-state index contributed by atoms with van der Waals surface area (Å²) in [6.45, 7) is -0.137. The number of hydrogen-bond acceptors (Lipinski definition) is 5. The van der Waals surface area contributed by atoms with Crippen molar-refractivity contribution in [2.24, 2.45) is 10.9 Å². The summed E-state index contributed by atoms with van der Waals surface area (Å²) in [4.78, 5) is 32.4. The fourth-order valence-corrected chi connectivity index (χ4v) is 4.17. The molecule has 1 saturated carbocycles. The number of nitrogens with zero attached hydrogens (tertiary/aromatic N) is 2. The van der Waals surface area contributed by atoms with Gasteiger partial charge in [-0.05, 0) is 37.5 Å². The van der Waals surface area contributed by atoms with Crippen LogP contribution in [0, 0.1) is 5.92 Å². The van der Waals surface area contributed by atoms with Gasteiger partial charge in [0.25, 0.3) is 0 Å². The normalized spacial score (nSPS) is 17.6. The van der Waals surface area contributed by atoms with Crippen LogP contribution in [0.25, 0.3) is 0 Å². The van der Waals surface area contributed by atoms with E-state index in [2.05, 4.69) is 5.32 Å². The smallest absolute Gasteiger partial charge is 0.244 e. The van der Waals surface area contributed by atoms with E-state index in [1.54, 1.807) is 12.1 Å². The number of carbonyl (C=O) groups excluding carboxylic acids is 2. The average molecular weight is 428 g/mol. The van der Waals surface area contributed by atoms with E-state index in [4.69, 9.17) is 26.1 Å². The van der Waals surface area contributed by atoms with Crippen LogP contribution in [0.1, 0.15) is 19.3 Å². The Bertz CT molecular complexity index is 1040. The van der Waals surface area contributed by atoms with Crippen LogP contribution in [0.5, 0.6) is 11.5 Å². The van der Waals surface area contributed by atoms with E-state index in [-0.39, 0.29) is 24.3 Å². The Morgan fingerprint density at radius 2 is 2.00 bits per heavy atom. The number of amides is 2. The summed E-state index contributed by atoms with van der Waals surface area (Å²) in [6, 6.07) is 10.6. The zero-order valence-electron chi connectivity index (χ0n) is 16.8. The maximum absolute atomic E-state index is 13.2. The van der Waals surface area contributed by atoms with Crippen molar-refractivity contribution < 1.29 is 19.1 Å². The van der Waals surface area contributed by atoms with Gasteiger partial charge in [-0.3, -0.25) is 14.6 Å². The van der Waals surface area contributed by atoms with Crippen molar-refractivity contribution in [1.29, 1.82) is 0 Å². The van der Waals surface area contributed by atoms with E-state index >= 15 is 0 Å². The van der Waals surface area contributed by atoms with Crippen molar-refractivity contribution in [3.8, 4) is 11.5 Å². The number of halogens is 1. The molecule has 0 aromatic heterocycles. The summed E-state index contributed by atoms with van der Waals surface area (Å²) >= 11 is 6.19. The molecule has 7 nitrogen and oxygen atoms in total. The van der Waals surface area contributed by atoms with Crippen molar-refractivity contribution in [1.82, 2.24) is 0 Å². The quantitative estimate of drug-likeness (QED) is 0.774. The topological polar surface area (TPSA) is 80.2 Å². The molecule has 2 aliphatic rings. The number of ether oxygens (including phenoxy) is 2. The lowest BCUT2D eigenvalue weighted by atomic mass is 10.1. The second-order valence-corrected chi connectivity index (χ2v) is 7.60. The minimum absolute atomic E-state index is 0.0916. The molecule has 0 spiro atoms. The first-order valence-electron chi connectivity index (χ1n) is 9.71. The number of carbonyl (C=O) groups is 2. The Kier molecular flexibility index (Phi) is 5.63. The third-order valence-electron chi connectivity index (χ3n) is 5.38. The van der Waals surface area contributed by atoms with Crippen LogP contribution in [-0.2, 0) is 9.59 Å². The Labute approximate surface area is 179 Å². The van der Waals surface area contributed by atoms with Crippen molar-refractivity contribution in [3.63, 3.8) is 0 Å². The lowest BCUT2D eigenvalue weighted by Crippen LogP contribution is -2.41. The predicted molar refractivity (Wildman–Crippen MR) is 116 cm³/mol. The van der Waals surface area contributed by atoms with Crippen LogP contribution in [-0.4, -0.2) is 38.3 Å². The molecule has 1 heterocycles. The van der Waals surface area contributed by atoms with Gasteiger partial charge in [-0.2, -0.15) is 0 Å². The van der Waals surface area contributed by atoms with Crippen LogP contribution in [0.15, 0.2) is 41.4 Å². The third-order valence-corrected chi connectivity index (χ3v) is 5.67. The van der Waals surface area contributed by atoms with E-state index in [0.29, 0.717) is 33.6 Å². The lowest BCUT2D eigenvalue weighted by Gasteiger charge is -2.24. The number of para-hydroxylation sites is 2. The van der Waals surface area contributed by atoms with Gasteiger partial charge < -0.3 is 19.7 Å². The van der Waals surface area contributed by atoms with Gasteiger partial charge in [0.15, 0.2) is 0 Å². The first kappa shape index (κ1) is 20.2. The van der Waals surface area contributed by atoms with Crippen LogP contribution in [0.3, 0.4) is 0 Å². The van der Waals surface area contributed by atoms with E-state index in [0.717, 1.165) is 25.0 Å². The lowest BCUT2D eigenvalue weighted by molar-refractivity contribution is -0.123. The van der Waals surface area contributed by atoms with Crippen LogP contribution in [0.2, 0.25) is 5.02 Å². The predicted octanol–water partition coefficient (Wildman–Crippen LogP) is 4.22.